The van der Waals surface area contributed by atoms with Crippen LogP contribution in [-0.4, -0.2) is 76.1 Å². The largest absolute Gasteiger partial charge is 0.497 e. The number of hydrogen-bond acceptors (Lipinski definition) is 12. The van der Waals surface area contributed by atoms with Crippen molar-refractivity contribution in [2.45, 2.75) is 137 Å². The van der Waals surface area contributed by atoms with Crippen molar-refractivity contribution in [1.29, 1.82) is 0 Å². The molecule has 320 valence electrons. The topological polar surface area (TPSA) is 171 Å². The van der Waals surface area contributed by atoms with Crippen molar-refractivity contribution >= 4 is 41.5 Å². The highest BCUT2D eigenvalue weighted by Gasteiger charge is 2.50. The summed E-state index contributed by atoms with van der Waals surface area (Å²) in [4.78, 5) is 65.9. The number of ether oxygens (including phenoxy) is 5. The van der Waals surface area contributed by atoms with E-state index in [4.69, 9.17) is 23.7 Å². The lowest BCUT2D eigenvalue weighted by Gasteiger charge is -2.42. The molecule has 0 saturated heterocycles. The average Bonchev–Trinajstić information content (AvgIpc) is 3.33. The standard InChI is InChI=1S/C44H60N6O9/c1-28-24-30(25-32-33(28)37(51)49(44(32)20-13-12-14-21-44)26-29-16-18-31(55-11)19-17-29)48-35-34(56-23-15-22-45-38(52)57-41(2,3)4)36(47-27-46-35)50(39(53)58-42(5,6)7)40(54)59-43(8,9)10/h16-19,24-25,27H,12-15,20-23,26H2,1-11H3,(H,45,52)(H,46,47,48). The van der Waals surface area contributed by atoms with E-state index in [1.54, 1.807) is 69.4 Å². The lowest BCUT2D eigenvalue weighted by atomic mass is 9.76. The molecule has 4 amide bonds. The molecule has 5 rings (SSSR count). The van der Waals surface area contributed by atoms with Gasteiger partial charge in [0.1, 0.15) is 28.9 Å². The second-order valence-electron chi connectivity index (χ2n) is 18.0. The van der Waals surface area contributed by atoms with E-state index in [2.05, 4.69) is 20.6 Å². The minimum atomic E-state index is -1.03. The van der Waals surface area contributed by atoms with E-state index in [0.29, 0.717) is 29.1 Å². The summed E-state index contributed by atoms with van der Waals surface area (Å²) in [6, 6.07) is 11.7. The van der Waals surface area contributed by atoms with Gasteiger partial charge >= 0.3 is 18.3 Å². The van der Waals surface area contributed by atoms with E-state index in [0.717, 1.165) is 54.5 Å². The zero-order valence-corrected chi connectivity index (χ0v) is 36.4. The van der Waals surface area contributed by atoms with Gasteiger partial charge < -0.3 is 39.2 Å². The number of benzene rings is 2. The van der Waals surface area contributed by atoms with Gasteiger partial charge in [0.05, 0.1) is 19.3 Å². The number of fused-ring (bicyclic) bond motifs is 2. The van der Waals surface area contributed by atoms with Crippen LogP contribution in [0.5, 0.6) is 11.5 Å². The zero-order valence-electron chi connectivity index (χ0n) is 36.4. The Hall–Kier alpha value is -5.60. The van der Waals surface area contributed by atoms with Crippen LogP contribution in [0.1, 0.15) is 128 Å². The van der Waals surface area contributed by atoms with Gasteiger partial charge in [0.2, 0.25) is 5.75 Å². The fourth-order valence-electron chi connectivity index (χ4n) is 7.29. The highest BCUT2D eigenvalue weighted by molar-refractivity contribution is 6.10. The first-order valence-corrected chi connectivity index (χ1v) is 20.2. The van der Waals surface area contributed by atoms with E-state index >= 15 is 0 Å². The van der Waals surface area contributed by atoms with Gasteiger partial charge in [-0.3, -0.25) is 4.79 Å². The summed E-state index contributed by atoms with van der Waals surface area (Å²) in [5.74, 6) is 0.625. The summed E-state index contributed by atoms with van der Waals surface area (Å²) in [5, 5.41) is 6.08. The molecule has 15 nitrogen and oxygen atoms in total. The fourth-order valence-corrected chi connectivity index (χ4v) is 7.29. The van der Waals surface area contributed by atoms with Gasteiger partial charge in [0.15, 0.2) is 11.6 Å². The summed E-state index contributed by atoms with van der Waals surface area (Å²) < 4.78 is 28.3. The minimum Gasteiger partial charge on any atom is -0.497 e. The normalized spacial score (nSPS) is 15.0. The first kappa shape index (κ1) is 44.5. The Morgan fingerprint density at radius 3 is 2.03 bits per heavy atom. The molecule has 0 bridgehead atoms. The molecule has 0 atom stereocenters. The lowest BCUT2D eigenvalue weighted by Crippen LogP contribution is -2.44. The van der Waals surface area contributed by atoms with Crippen LogP contribution < -0.4 is 25.0 Å². The van der Waals surface area contributed by atoms with Crippen molar-refractivity contribution in [3.63, 3.8) is 0 Å². The molecule has 59 heavy (non-hydrogen) atoms. The zero-order chi connectivity index (χ0) is 43.3. The Morgan fingerprint density at radius 2 is 1.46 bits per heavy atom. The molecule has 1 saturated carbocycles. The summed E-state index contributed by atoms with van der Waals surface area (Å²) in [6.45, 7) is 18.0. The predicted octanol–water partition coefficient (Wildman–Crippen LogP) is 9.32. The van der Waals surface area contributed by atoms with Gasteiger partial charge in [0, 0.05) is 24.3 Å². The Kier molecular flexibility index (Phi) is 13.4. The molecular weight excluding hydrogens is 757 g/mol. The molecular formula is C44H60N6O9. The maximum Gasteiger partial charge on any atom is 0.425 e. The van der Waals surface area contributed by atoms with Crippen LogP contribution in [0, 0.1) is 6.92 Å². The van der Waals surface area contributed by atoms with Crippen LogP contribution in [0.2, 0.25) is 0 Å². The van der Waals surface area contributed by atoms with E-state index in [9.17, 15) is 19.2 Å². The number of hydrogen-bond donors (Lipinski definition) is 2. The van der Waals surface area contributed by atoms with Crippen molar-refractivity contribution in [2.75, 3.05) is 30.5 Å². The van der Waals surface area contributed by atoms with Gasteiger partial charge in [-0.1, -0.05) is 31.4 Å². The molecule has 0 unspecified atom stereocenters. The average molecular weight is 817 g/mol. The molecule has 2 aromatic carbocycles. The molecule has 1 aliphatic heterocycles. The van der Waals surface area contributed by atoms with Crippen LogP contribution in [0.25, 0.3) is 0 Å². The van der Waals surface area contributed by atoms with Crippen LogP contribution in [0.15, 0.2) is 42.7 Å². The molecule has 3 aromatic rings. The number of carbonyl (C=O) groups excluding carboxylic acids is 4. The number of aromatic nitrogens is 2. The summed E-state index contributed by atoms with van der Waals surface area (Å²) >= 11 is 0. The van der Waals surface area contributed by atoms with Crippen molar-refractivity contribution < 1.29 is 42.9 Å². The number of anilines is 3. The highest BCUT2D eigenvalue weighted by atomic mass is 16.6. The van der Waals surface area contributed by atoms with E-state index in [1.165, 1.54) is 6.33 Å². The number of nitrogens with zero attached hydrogens (tertiary/aromatic N) is 4. The van der Waals surface area contributed by atoms with Crippen LogP contribution >= 0.6 is 0 Å². The van der Waals surface area contributed by atoms with Crippen molar-refractivity contribution in [2.24, 2.45) is 0 Å². The number of imide groups is 1. The molecule has 15 heteroatoms. The summed E-state index contributed by atoms with van der Waals surface area (Å²) in [6.07, 6.45) is 3.55. The minimum absolute atomic E-state index is 0.0135. The number of rotatable bonds is 11. The van der Waals surface area contributed by atoms with E-state index in [1.807, 2.05) is 48.2 Å². The Balaban J connectivity index is 1.54. The van der Waals surface area contributed by atoms with Crippen LogP contribution in [-0.2, 0) is 26.3 Å². The van der Waals surface area contributed by atoms with E-state index < -0.39 is 40.6 Å². The molecule has 1 aromatic heterocycles. The third kappa shape index (κ3) is 11.1. The van der Waals surface area contributed by atoms with Gasteiger partial charge in [-0.15, -0.1) is 0 Å². The van der Waals surface area contributed by atoms with Gasteiger partial charge in [-0.05, 0) is 129 Å². The Morgan fingerprint density at radius 1 is 0.847 bits per heavy atom. The quantitative estimate of drug-likeness (QED) is 0.139. The molecule has 2 N–H and O–H groups in total. The second kappa shape index (κ2) is 17.7. The maximum atomic E-state index is 14.4. The van der Waals surface area contributed by atoms with Crippen molar-refractivity contribution in [3.05, 3.63) is 65.0 Å². The number of nitrogens with one attached hydrogen (secondary N) is 2. The summed E-state index contributed by atoms with van der Waals surface area (Å²) in [7, 11) is 1.63. The van der Waals surface area contributed by atoms with Crippen molar-refractivity contribution in [1.82, 2.24) is 20.2 Å². The van der Waals surface area contributed by atoms with E-state index in [-0.39, 0.29) is 36.4 Å². The first-order chi connectivity index (χ1) is 27.6. The monoisotopic (exact) mass is 816 g/mol. The van der Waals surface area contributed by atoms with Crippen molar-refractivity contribution in [3.8, 4) is 11.5 Å². The smallest absolute Gasteiger partial charge is 0.425 e. The number of alkyl carbamates (subject to hydrolysis) is 1. The molecule has 1 aliphatic carbocycles. The van der Waals surface area contributed by atoms with Gasteiger partial charge in [-0.2, -0.15) is 4.90 Å². The Labute approximate surface area is 347 Å². The fraction of sp³-hybridized carbons (Fsp3) is 0.545. The number of aryl methyl sites for hydroxylation is 1. The van der Waals surface area contributed by atoms with Gasteiger partial charge in [-0.25, -0.2) is 24.4 Å². The third-order valence-corrected chi connectivity index (χ3v) is 9.64. The number of carbonyl (C=O) groups is 4. The van der Waals surface area contributed by atoms with Gasteiger partial charge in [0.25, 0.3) is 5.91 Å². The predicted molar refractivity (Wildman–Crippen MR) is 223 cm³/mol. The van der Waals surface area contributed by atoms with Crippen LogP contribution in [0.4, 0.5) is 31.7 Å². The second-order valence-corrected chi connectivity index (χ2v) is 18.0. The lowest BCUT2D eigenvalue weighted by molar-refractivity contribution is 0.0383. The molecule has 0 radical (unpaired) electrons. The highest BCUT2D eigenvalue weighted by Crippen LogP contribution is 2.51. The molecule has 1 spiro atoms. The molecule has 1 fully saturated rings. The number of amides is 4. The molecule has 2 aliphatic rings. The molecule has 2 heterocycles. The SMILES string of the molecule is COc1ccc(CN2C(=O)c3c(C)cc(Nc4ncnc(N(C(=O)OC(C)(C)C)C(=O)OC(C)(C)C)c4OCCCNC(=O)OC(C)(C)C)cc3C23CCCCC3)cc1. The maximum absolute atomic E-state index is 14.4. The summed E-state index contributed by atoms with van der Waals surface area (Å²) in [5.41, 5.74) is 0.887. The van der Waals surface area contributed by atoms with Crippen LogP contribution in [0.3, 0.4) is 0 Å². The Bertz CT molecular complexity index is 1980. The first-order valence-electron chi connectivity index (χ1n) is 20.2. The third-order valence-electron chi connectivity index (χ3n) is 9.64. The number of methoxy groups -OCH3 is 1.